The Balaban J connectivity index is 1.66. The number of nitrogens with zero attached hydrogens (tertiary/aromatic N) is 3. The molecule has 6 nitrogen and oxygen atoms in total. The Hall–Kier alpha value is -0.850. The Morgan fingerprint density at radius 3 is 2.38 bits per heavy atom. The predicted octanol–water partition coefficient (Wildman–Crippen LogP) is 1.77. The fourth-order valence-corrected chi connectivity index (χ4v) is 4.01. The Labute approximate surface area is 160 Å². The zero-order valence-corrected chi connectivity index (χ0v) is 17.5. The molecule has 2 fully saturated rings. The lowest BCUT2D eigenvalue weighted by atomic mass is 9.97. The van der Waals surface area contributed by atoms with Gasteiger partial charge in [0.2, 0.25) is 0 Å². The van der Waals surface area contributed by atoms with Gasteiger partial charge in [0.05, 0.1) is 6.61 Å². The van der Waals surface area contributed by atoms with Crippen molar-refractivity contribution < 1.29 is 4.74 Å². The van der Waals surface area contributed by atoms with Crippen molar-refractivity contribution in [3.05, 3.63) is 0 Å². The summed E-state index contributed by atoms with van der Waals surface area (Å²) in [6, 6.07) is 0. The Morgan fingerprint density at radius 2 is 1.77 bits per heavy atom. The molecule has 0 atom stereocenters. The van der Waals surface area contributed by atoms with E-state index in [1.54, 1.807) is 7.11 Å². The van der Waals surface area contributed by atoms with Gasteiger partial charge in [-0.25, -0.2) is 0 Å². The molecule has 0 spiro atoms. The topological polar surface area (TPSA) is 52.1 Å². The van der Waals surface area contributed by atoms with Gasteiger partial charge in [-0.3, -0.25) is 9.89 Å². The van der Waals surface area contributed by atoms with Crippen LogP contribution >= 0.6 is 0 Å². The van der Waals surface area contributed by atoms with Crippen molar-refractivity contribution in [1.29, 1.82) is 0 Å². The van der Waals surface area contributed by atoms with Crippen LogP contribution in [0, 0.1) is 5.92 Å². The molecule has 6 heteroatoms. The minimum Gasteiger partial charge on any atom is -0.383 e. The van der Waals surface area contributed by atoms with Gasteiger partial charge in [0.15, 0.2) is 5.96 Å². The van der Waals surface area contributed by atoms with Gasteiger partial charge in [-0.1, -0.05) is 6.42 Å². The second kappa shape index (κ2) is 11.1. The first-order valence-electron chi connectivity index (χ1n) is 10.5. The van der Waals surface area contributed by atoms with E-state index in [1.165, 1.54) is 58.3 Å². The molecular formula is C20H41N5O. The Morgan fingerprint density at radius 1 is 1.08 bits per heavy atom. The molecule has 0 bridgehead atoms. The van der Waals surface area contributed by atoms with Gasteiger partial charge in [0.1, 0.15) is 0 Å². The second-order valence-electron chi connectivity index (χ2n) is 8.44. The van der Waals surface area contributed by atoms with Gasteiger partial charge in [0, 0.05) is 39.3 Å². The quantitative estimate of drug-likeness (QED) is 0.506. The maximum Gasteiger partial charge on any atom is 0.191 e. The van der Waals surface area contributed by atoms with Crippen molar-refractivity contribution >= 4 is 5.96 Å². The molecule has 152 valence electrons. The van der Waals surface area contributed by atoms with Crippen molar-refractivity contribution in [3.8, 4) is 0 Å². The fourth-order valence-electron chi connectivity index (χ4n) is 4.01. The molecule has 0 radical (unpaired) electrons. The first-order valence-corrected chi connectivity index (χ1v) is 10.5. The van der Waals surface area contributed by atoms with Crippen molar-refractivity contribution in [3.63, 3.8) is 0 Å². The zero-order valence-electron chi connectivity index (χ0n) is 17.5. The highest BCUT2D eigenvalue weighted by molar-refractivity contribution is 5.79. The molecular weight excluding hydrogens is 326 g/mol. The van der Waals surface area contributed by atoms with Gasteiger partial charge in [-0.2, -0.15) is 0 Å². The standard InChI is InChI=1S/C20H41N5O/c1-20(2,25-10-6-5-7-11-25)17-23-19(21-3)22-16-18-8-12-24(13-9-18)14-15-26-4/h18H,5-17H2,1-4H3,(H2,21,22,23). The van der Waals surface area contributed by atoms with E-state index in [-0.39, 0.29) is 5.54 Å². The van der Waals surface area contributed by atoms with Crippen molar-refractivity contribution in [2.75, 3.05) is 66.6 Å². The largest absolute Gasteiger partial charge is 0.383 e. The molecule has 0 aliphatic carbocycles. The highest BCUT2D eigenvalue weighted by Gasteiger charge is 2.28. The first-order chi connectivity index (χ1) is 12.5. The highest BCUT2D eigenvalue weighted by atomic mass is 16.5. The van der Waals surface area contributed by atoms with Crippen LogP contribution in [0.4, 0.5) is 0 Å². The lowest BCUT2D eigenvalue weighted by molar-refractivity contribution is 0.0981. The number of piperidine rings is 2. The summed E-state index contributed by atoms with van der Waals surface area (Å²) in [7, 11) is 3.65. The van der Waals surface area contributed by atoms with Crippen molar-refractivity contribution in [1.82, 2.24) is 20.4 Å². The number of ether oxygens (including phenoxy) is 1. The molecule has 0 aromatic rings. The monoisotopic (exact) mass is 367 g/mol. The van der Waals surface area contributed by atoms with Crippen LogP contribution in [-0.4, -0.2) is 87.9 Å². The number of hydrogen-bond acceptors (Lipinski definition) is 4. The molecule has 2 aliphatic heterocycles. The van der Waals surface area contributed by atoms with Crippen molar-refractivity contribution in [2.24, 2.45) is 10.9 Å². The van der Waals surface area contributed by atoms with Crippen LogP contribution in [0.2, 0.25) is 0 Å². The smallest absolute Gasteiger partial charge is 0.191 e. The van der Waals surface area contributed by atoms with E-state index in [1.807, 2.05) is 7.05 Å². The number of rotatable bonds is 8. The second-order valence-corrected chi connectivity index (χ2v) is 8.44. The van der Waals surface area contributed by atoms with E-state index < -0.39 is 0 Å². The van der Waals surface area contributed by atoms with Gasteiger partial charge in [-0.05, 0) is 71.6 Å². The van der Waals surface area contributed by atoms with E-state index in [0.29, 0.717) is 0 Å². The van der Waals surface area contributed by atoms with Crippen molar-refractivity contribution in [2.45, 2.75) is 51.5 Å². The van der Waals surface area contributed by atoms with Crippen LogP contribution in [-0.2, 0) is 4.74 Å². The normalized spacial score (nSPS) is 21.8. The number of aliphatic imine (C=N–C) groups is 1. The average Bonchev–Trinajstić information content (AvgIpc) is 2.68. The lowest BCUT2D eigenvalue weighted by Gasteiger charge is -2.41. The Bertz CT molecular complexity index is 412. The van der Waals surface area contributed by atoms with Crippen LogP contribution in [0.5, 0.6) is 0 Å². The van der Waals surface area contributed by atoms with E-state index in [0.717, 1.165) is 38.1 Å². The summed E-state index contributed by atoms with van der Waals surface area (Å²) in [5.41, 5.74) is 0.171. The van der Waals surface area contributed by atoms with Gasteiger partial charge in [-0.15, -0.1) is 0 Å². The lowest BCUT2D eigenvalue weighted by Crippen LogP contribution is -2.55. The number of methoxy groups -OCH3 is 1. The van der Waals surface area contributed by atoms with E-state index >= 15 is 0 Å². The van der Waals surface area contributed by atoms with Gasteiger partial charge in [0.25, 0.3) is 0 Å². The number of likely N-dealkylation sites (tertiary alicyclic amines) is 2. The van der Waals surface area contributed by atoms with E-state index in [2.05, 4.69) is 39.3 Å². The molecule has 2 rings (SSSR count). The summed E-state index contributed by atoms with van der Waals surface area (Å²) in [4.78, 5) is 9.55. The van der Waals surface area contributed by atoms with Crippen LogP contribution in [0.1, 0.15) is 46.0 Å². The molecule has 0 aromatic carbocycles. The molecule has 0 saturated carbocycles. The summed E-state index contributed by atoms with van der Waals surface area (Å²) >= 11 is 0. The van der Waals surface area contributed by atoms with Gasteiger partial charge >= 0.3 is 0 Å². The average molecular weight is 368 g/mol. The highest BCUT2D eigenvalue weighted by Crippen LogP contribution is 2.20. The van der Waals surface area contributed by atoms with E-state index in [4.69, 9.17) is 4.74 Å². The molecule has 2 heterocycles. The Kier molecular flexibility index (Phi) is 9.16. The summed E-state index contributed by atoms with van der Waals surface area (Å²) in [6.45, 7) is 13.3. The third-order valence-electron chi connectivity index (χ3n) is 6.00. The fraction of sp³-hybridized carbons (Fsp3) is 0.950. The number of guanidine groups is 1. The maximum atomic E-state index is 5.18. The molecule has 26 heavy (non-hydrogen) atoms. The van der Waals surface area contributed by atoms with Gasteiger partial charge < -0.3 is 20.3 Å². The molecule has 0 unspecified atom stereocenters. The maximum absolute atomic E-state index is 5.18. The minimum atomic E-state index is 0.171. The molecule has 2 saturated heterocycles. The third kappa shape index (κ3) is 7.05. The number of hydrogen-bond donors (Lipinski definition) is 2. The minimum absolute atomic E-state index is 0.171. The van der Waals surface area contributed by atoms with Crippen LogP contribution in [0.15, 0.2) is 4.99 Å². The van der Waals surface area contributed by atoms with Crippen LogP contribution < -0.4 is 10.6 Å². The summed E-state index contributed by atoms with van der Waals surface area (Å²) < 4.78 is 5.18. The first kappa shape index (κ1) is 21.5. The summed E-state index contributed by atoms with van der Waals surface area (Å²) in [5, 5.41) is 7.10. The molecule has 2 N–H and O–H groups in total. The molecule has 2 aliphatic rings. The van der Waals surface area contributed by atoms with Crippen LogP contribution in [0.3, 0.4) is 0 Å². The summed E-state index contributed by atoms with van der Waals surface area (Å²) in [6.07, 6.45) is 6.56. The summed E-state index contributed by atoms with van der Waals surface area (Å²) in [5.74, 6) is 1.68. The number of nitrogens with one attached hydrogen (secondary N) is 2. The predicted molar refractivity (Wildman–Crippen MR) is 110 cm³/mol. The van der Waals surface area contributed by atoms with Crippen LogP contribution in [0.25, 0.3) is 0 Å². The molecule has 0 aromatic heterocycles. The molecule has 0 amide bonds. The SMILES string of the molecule is CN=C(NCC1CCN(CCOC)CC1)NCC(C)(C)N1CCCCC1. The third-order valence-corrected chi connectivity index (χ3v) is 6.00. The zero-order chi connectivity index (χ0) is 18.8. The van der Waals surface area contributed by atoms with E-state index in [9.17, 15) is 0 Å².